The minimum absolute atomic E-state index is 0.351. The fourth-order valence-corrected chi connectivity index (χ4v) is 2.56. The van der Waals surface area contributed by atoms with Crippen LogP contribution in [0.1, 0.15) is 40.0 Å². The van der Waals surface area contributed by atoms with Crippen LogP contribution in [0.4, 0.5) is 0 Å². The average molecular weight is 228 g/mol. The number of piperidine rings is 1. The minimum atomic E-state index is 0.351. The van der Waals surface area contributed by atoms with Crippen LogP contribution in [0, 0.1) is 5.41 Å². The predicted molar refractivity (Wildman–Crippen MR) is 68.5 cm³/mol. The number of ether oxygens (including phenoxy) is 1. The quantitative estimate of drug-likeness (QED) is 0.798. The molecule has 1 heterocycles. The van der Waals surface area contributed by atoms with Gasteiger partial charge in [-0.3, -0.25) is 4.90 Å². The molecule has 1 aliphatic rings. The zero-order chi connectivity index (χ0) is 12.2. The van der Waals surface area contributed by atoms with E-state index < -0.39 is 0 Å². The molecule has 0 spiro atoms. The molecule has 2 N–H and O–H groups in total. The Morgan fingerprint density at radius 3 is 2.62 bits per heavy atom. The Labute approximate surface area is 100 Å². The van der Waals surface area contributed by atoms with E-state index in [2.05, 4.69) is 25.7 Å². The van der Waals surface area contributed by atoms with Gasteiger partial charge in [-0.15, -0.1) is 0 Å². The zero-order valence-corrected chi connectivity index (χ0v) is 11.3. The summed E-state index contributed by atoms with van der Waals surface area (Å²) in [5, 5.41) is 0. The first kappa shape index (κ1) is 13.9. The van der Waals surface area contributed by atoms with Crippen molar-refractivity contribution in [1.29, 1.82) is 0 Å². The smallest absolute Gasteiger partial charge is 0.0698 e. The predicted octanol–water partition coefficient (Wildman–Crippen LogP) is 1.86. The van der Waals surface area contributed by atoms with Gasteiger partial charge in [0.05, 0.1) is 6.10 Å². The minimum Gasteiger partial charge on any atom is -0.380 e. The lowest BCUT2D eigenvalue weighted by atomic mass is 9.87. The summed E-state index contributed by atoms with van der Waals surface area (Å²) in [7, 11) is 1.81. The first-order valence-corrected chi connectivity index (χ1v) is 6.43. The molecular weight excluding hydrogens is 200 g/mol. The van der Waals surface area contributed by atoms with Gasteiger partial charge < -0.3 is 10.5 Å². The topological polar surface area (TPSA) is 38.5 Å². The van der Waals surface area contributed by atoms with Gasteiger partial charge in [-0.2, -0.15) is 0 Å². The highest BCUT2D eigenvalue weighted by atomic mass is 16.5. The molecule has 0 radical (unpaired) electrons. The van der Waals surface area contributed by atoms with Crippen LogP contribution in [0.15, 0.2) is 0 Å². The Hall–Kier alpha value is -0.120. The van der Waals surface area contributed by atoms with Crippen molar-refractivity contribution in [3.63, 3.8) is 0 Å². The second-order valence-electron chi connectivity index (χ2n) is 6.15. The molecule has 0 aromatic rings. The maximum Gasteiger partial charge on any atom is 0.0698 e. The van der Waals surface area contributed by atoms with Gasteiger partial charge >= 0.3 is 0 Å². The molecule has 1 fully saturated rings. The molecule has 0 amide bonds. The van der Waals surface area contributed by atoms with Crippen LogP contribution in [-0.4, -0.2) is 43.8 Å². The molecule has 0 aliphatic carbocycles. The number of nitrogens with two attached hydrogens (primary N) is 1. The summed E-state index contributed by atoms with van der Waals surface area (Å²) in [6.07, 6.45) is 4.00. The third kappa shape index (κ3) is 4.40. The van der Waals surface area contributed by atoms with E-state index in [0.717, 1.165) is 13.1 Å². The molecule has 0 bridgehead atoms. The first-order chi connectivity index (χ1) is 7.46. The van der Waals surface area contributed by atoms with Crippen molar-refractivity contribution < 1.29 is 4.74 Å². The Morgan fingerprint density at radius 1 is 1.44 bits per heavy atom. The van der Waals surface area contributed by atoms with Crippen molar-refractivity contribution in [2.24, 2.45) is 11.1 Å². The maximum absolute atomic E-state index is 5.92. The normalized spacial score (nSPS) is 25.7. The van der Waals surface area contributed by atoms with Gasteiger partial charge in [0.2, 0.25) is 0 Å². The molecule has 1 saturated heterocycles. The van der Waals surface area contributed by atoms with Crippen LogP contribution in [0.5, 0.6) is 0 Å². The summed E-state index contributed by atoms with van der Waals surface area (Å²) in [4.78, 5) is 2.52. The van der Waals surface area contributed by atoms with E-state index in [1.165, 1.54) is 25.8 Å². The van der Waals surface area contributed by atoms with Crippen molar-refractivity contribution in [2.75, 3.05) is 26.7 Å². The van der Waals surface area contributed by atoms with Crippen molar-refractivity contribution in [1.82, 2.24) is 4.90 Å². The Balaban J connectivity index is 2.51. The van der Waals surface area contributed by atoms with Gasteiger partial charge in [-0.25, -0.2) is 0 Å². The Kier molecular flexibility index (Phi) is 5.22. The second-order valence-corrected chi connectivity index (χ2v) is 6.15. The van der Waals surface area contributed by atoms with Crippen LogP contribution >= 0.6 is 0 Å². The van der Waals surface area contributed by atoms with E-state index >= 15 is 0 Å². The highest BCUT2D eigenvalue weighted by Gasteiger charge is 2.27. The fraction of sp³-hybridized carbons (Fsp3) is 1.00. The lowest BCUT2D eigenvalue weighted by Gasteiger charge is -2.39. The number of hydrogen-bond acceptors (Lipinski definition) is 3. The van der Waals surface area contributed by atoms with Gasteiger partial charge in [0.1, 0.15) is 0 Å². The summed E-state index contributed by atoms with van der Waals surface area (Å²) in [5.74, 6) is 0. The summed E-state index contributed by atoms with van der Waals surface area (Å²) in [6, 6.07) is 0.512. The third-order valence-electron chi connectivity index (χ3n) is 3.38. The van der Waals surface area contributed by atoms with Gasteiger partial charge in [0.25, 0.3) is 0 Å². The summed E-state index contributed by atoms with van der Waals surface area (Å²) in [5.41, 5.74) is 6.27. The summed E-state index contributed by atoms with van der Waals surface area (Å²) in [6.45, 7) is 9.84. The molecular formula is C13H28N2O. The second kappa shape index (κ2) is 5.99. The van der Waals surface area contributed by atoms with Crippen LogP contribution < -0.4 is 5.73 Å². The molecule has 96 valence electrons. The van der Waals surface area contributed by atoms with E-state index in [1.807, 2.05) is 7.11 Å². The Bertz CT molecular complexity index is 201. The van der Waals surface area contributed by atoms with Crippen LogP contribution in [0.25, 0.3) is 0 Å². The molecule has 0 saturated carbocycles. The molecule has 3 nitrogen and oxygen atoms in total. The number of methoxy groups -OCH3 is 1. The zero-order valence-electron chi connectivity index (χ0n) is 11.3. The molecule has 0 aromatic heterocycles. The van der Waals surface area contributed by atoms with Crippen molar-refractivity contribution in [3.8, 4) is 0 Å². The molecule has 1 rings (SSSR count). The summed E-state index contributed by atoms with van der Waals surface area (Å²) < 4.78 is 5.46. The fourth-order valence-electron chi connectivity index (χ4n) is 2.56. The standard InChI is InChI=1S/C13H28N2O/c1-13(2,3)8-11(9-14)15-7-5-6-12(10-15)16-4/h11-12H,5-10,14H2,1-4H3. The number of likely N-dealkylation sites (tertiary alicyclic amines) is 1. The van der Waals surface area contributed by atoms with Crippen molar-refractivity contribution in [3.05, 3.63) is 0 Å². The number of rotatable bonds is 4. The molecule has 3 heteroatoms. The van der Waals surface area contributed by atoms with E-state index in [9.17, 15) is 0 Å². The SMILES string of the molecule is COC1CCCN(C(CN)CC(C)(C)C)C1. The lowest BCUT2D eigenvalue weighted by molar-refractivity contribution is 0.00887. The van der Waals surface area contributed by atoms with Crippen LogP contribution in [0.2, 0.25) is 0 Å². The molecule has 2 unspecified atom stereocenters. The third-order valence-corrected chi connectivity index (χ3v) is 3.38. The maximum atomic E-state index is 5.92. The molecule has 16 heavy (non-hydrogen) atoms. The first-order valence-electron chi connectivity index (χ1n) is 6.43. The number of hydrogen-bond donors (Lipinski definition) is 1. The van der Waals surface area contributed by atoms with Gasteiger partial charge in [-0.1, -0.05) is 20.8 Å². The average Bonchev–Trinajstić information content (AvgIpc) is 2.25. The molecule has 1 aliphatic heterocycles. The van der Waals surface area contributed by atoms with E-state index in [1.54, 1.807) is 0 Å². The summed E-state index contributed by atoms with van der Waals surface area (Å²) >= 11 is 0. The van der Waals surface area contributed by atoms with Gasteiger partial charge in [-0.05, 0) is 31.2 Å². The monoisotopic (exact) mass is 228 g/mol. The largest absolute Gasteiger partial charge is 0.380 e. The van der Waals surface area contributed by atoms with Crippen LogP contribution in [-0.2, 0) is 4.74 Å². The highest BCUT2D eigenvalue weighted by Crippen LogP contribution is 2.25. The lowest BCUT2D eigenvalue weighted by Crippen LogP contribution is -2.49. The van der Waals surface area contributed by atoms with Crippen molar-refractivity contribution >= 4 is 0 Å². The van der Waals surface area contributed by atoms with E-state index in [0.29, 0.717) is 17.6 Å². The van der Waals surface area contributed by atoms with Gasteiger partial charge in [0.15, 0.2) is 0 Å². The van der Waals surface area contributed by atoms with Gasteiger partial charge in [0, 0.05) is 26.2 Å². The van der Waals surface area contributed by atoms with Crippen LogP contribution in [0.3, 0.4) is 0 Å². The van der Waals surface area contributed by atoms with E-state index in [-0.39, 0.29) is 0 Å². The molecule has 2 atom stereocenters. The highest BCUT2D eigenvalue weighted by molar-refractivity contribution is 4.83. The molecule has 0 aromatic carbocycles. The van der Waals surface area contributed by atoms with Crippen molar-refractivity contribution in [2.45, 2.75) is 52.2 Å². The number of nitrogens with zero attached hydrogens (tertiary/aromatic N) is 1. The van der Waals surface area contributed by atoms with E-state index in [4.69, 9.17) is 10.5 Å². The Morgan fingerprint density at radius 2 is 2.12 bits per heavy atom.